The first-order chi connectivity index (χ1) is 14.8. The number of thiophene rings is 1. The summed E-state index contributed by atoms with van der Waals surface area (Å²) in [5, 5.41) is 20.9. The van der Waals surface area contributed by atoms with Gasteiger partial charge in [-0.3, -0.25) is 14.9 Å². The van der Waals surface area contributed by atoms with Gasteiger partial charge in [-0.2, -0.15) is 5.26 Å². The fraction of sp³-hybridized carbons (Fsp3) is 0.409. The van der Waals surface area contributed by atoms with Crippen LogP contribution in [0.1, 0.15) is 43.2 Å². The number of pyridine rings is 1. The van der Waals surface area contributed by atoms with E-state index in [9.17, 15) is 10.1 Å². The number of hydrogen-bond acceptors (Lipinski definition) is 7. The van der Waals surface area contributed by atoms with E-state index in [0.29, 0.717) is 27.5 Å². The molecule has 0 radical (unpaired) electrons. The number of carbonyl (C=O) groups excluding carboxylic acids is 1. The first-order valence-electron chi connectivity index (χ1n) is 10.1. The zero-order chi connectivity index (χ0) is 22.0. The van der Waals surface area contributed by atoms with E-state index in [-0.39, 0.29) is 17.1 Å². The lowest BCUT2D eigenvalue weighted by molar-refractivity contribution is -0.113. The van der Waals surface area contributed by atoms with E-state index < -0.39 is 0 Å². The molecule has 7 nitrogen and oxygen atoms in total. The van der Waals surface area contributed by atoms with Crippen LogP contribution in [0.3, 0.4) is 0 Å². The molecule has 3 aromatic rings. The molecular formula is C22H24N6OS2. The molecular weight excluding hydrogens is 428 g/mol. The molecule has 2 N–H and O–H groups in total. The Balaban J connectivity index is 1.40. The van der Waals surface area contributed by atoms with Crippen molar-refractivity contribution < 1.29 is 4.79 Å². The molecule has 1 aliphatic carbocycles. The van der Waals surface area contributed by atoms with Crippen molar-refractivity contribution in [1.29, 1.82) is 5.26 Å². The van der Waals surface area contributed by atoms with Crippen LogP contribution in [0.25, 0.3) is 11.4 Å². The van der Waals surface area contributed by atoms with Crippen LogP contribution in [0.2, 0.25) is 0 Å². The highest BCUT2D eigenvalue weighted by Crippen LogP contribution is 2.44. The number of fused-ring (bicyclic) bond motifs is 1. The number of rotatable bonds is 5. The van der Waals surface area contributed by atoms with Gasteiger partial charge in [0.05, 0.1) is 11.3 Å². The molecule has 9 heteroatoms. The maximum Gasteiger partial charge on any atom is 0.235 e. The molecule has 0 saturated heterocycles. The Morgan fingerprint density at radius 2 is 2.16 bits per heavy atom. The van der Waals surface area contributed by atoms with Crippen LogP contribution in [0, 0.1) is 22.7 Å². The molecule has 1 aliphatic rings. The summed E-state index contributed by atoms with van der Waals surface area (Å²) in [6.45, 7) is 6.81. The summed E-state index contributed by atoms with van der Waals surface area (Å²) in [6, 6.07) is 5.99. The molecule has 1 amide bonds. The van der Waals surface area contributed by atoms with Gasteiger partial charge < -0.3 is 5.32 Å². The number of thioether (sulfide) groups is 1. The van der Waals surface area contributed by atoms with Gasteiger partial charge in [-0.25, -0.2) is 4.98 Å². The van der Waals surface area contributed by atoms with Crippen LogP contribution in [0.4, 0.5) is 5.00 Å². The molecule has 3 aromatic heterocycles. The first kappa shape index (κ1) is 21.5. The molecule has 0 fully saturated rings. The minimum Gasteiger partial charge on any atom is -0.316 e. The summed E-state index contributed by atoms with van der Waals surface area (Å²) in [4.78, 5) is 22.2. The van der Waals surface area contributed by atoms with Crippen molar-refractivity contribution in [2.45, 2.75) is 45.2 Å². The highest BCUT2D eigenvalue weighted by molar-refractivity contribution is 7.99. The Morgan fingerprint density at radius 3 is 2.87 bits per heavy atom. The number of nitrogens with zero attached hydrogens (tertiary/aromatic N) is 4. The minimum absolute atomic E-state index is 0.164. The summed E-state index contributed by atoms with van der Waals surface area (Å²) in [5.41, 5.74) is 2.87. The normalized spacial score (nSPS) is 15.9. The van der Waals surface area contributed by atoms with E-state index in [2.05, 4.69) is 52.3 Å². The molecule has 1 atom stereocenters. The number of amides is 1. The zero-order valence-electron chi connectivity index (χ0n) is 17.7. The topological polar surface area (TPSA) is 107 Å². The summed E-state index contributed by atoms with van der Waals surface area (Å²) in [5.74, 6) is 1.23. The molecule has 160 valence electrons. The number of H-pyrrole nitrogens is 1. The summed E-state index contributed by atoms with van der Waals surface area (Å²) >= 11 is 2.81. The summed E-state index contributed by atoms with van der Waals surface area (Å²) in [6.07, 6.45) is 6.33. The Hall–Kier alpha value is -2.70. The van der Waals surface area contributed by atoms with Gasteiger partial charge in [-0.15, -0.1) is 16.4 Å². The maximum absolute atomic E-state index is 12.6. The van der Waals surface area contributed by atoms with Crippen molar-refractivity contribution >= 4 is 34.0 Å². The molecule has 0 saturated carbocycles. The predicted octanol–water partition coefficient (Wildman–Crippen LogP) is 4.68. The van der Waals surface area contributed by atoms with Crippen molar-refractivity contribution in [3.05, 3.63) is 40.5 Å². The molecule has 0 unspecified atom stereocenters. The smallest absolute Gasteiger partial charge is 0.235 e. The van der Waals surface area contributed by atoms with Crippen LogP contribution < -0.4 is 5.32 Å². The van der Waals surface area contributed by atoms with Gasteiger partial charge in [0.25, 0.3) is 0 Å². The number of aromatic nitrogens is 4. The zero-order valence-corrected chi connectivity index (χ0v) is 19.4. The van der Waals surface area contributed by atoms with Crippen LogP contribution in [-0.2, 0) is 17.6 Å². The van der Waals surface area contributed by atoms with Crippen molar-refractivity contribution in [2.75, 3.05) is 11.1 Å². The van der Waals surface area contributed by atoms with Crippen LogP contribution in [0.15, 0.2) is 29.7 Å². The molecule has 4 rings (SSSR count). The second-order valence-electron chi connectivity index (χ2n) is 8.66. The monoisotopic (exact) mass is 452 g/mol. The fourth-order valence-corrected chi connectivity index (χ4v) is 5.67. The molecule has 0 aromatic carbocycles. The van der Waals surface area contributed by atoms with Crippen LogP contribution >= 0.6 is 23.1 Å². The van der Waals surface area contributed by atoms with Crippen molar-refractivity contribution in [3.63, 3.8) is 0 Å². The van der Waals surface area contributed by atoms with Gasteiger partial charge in [0.15, 0.2) is 5.82 Å². The van der Waals surface area contributed by atoms with Crippen molar-refractivity contribution in [2.24, 2.45) is 11.3 Å². The highest BCUT2D eigenvalue weighted by atomic mass is 32.2. The second-order valence-corrected chi connectivity index (χ2v) is 10.7. The van der Waals surface area contributed by atoms with Crippen molar-refractivity contribution in [3.8, 4) is 17.5 Å². The molecule has 0 bridgehead atoms. The Morgan fingerprint density at radius 1 is 1.39 bits per heavy atom. The lowest BCUT2D eigenvalue weighted by atomic mass is 9.72. The molecule has 3 heterocycles. The van der Waals surface area contributed by atoms with Gasteiger partial charge in [-0.05, 0) is 48.3 Å². The number of nitriles is 1. The maximum atomic E-state index is 12.6. The van der Waals surface area contributed by atoms with Crippen LogP contribution in [0.5, 0.6) is 0 Å². The predicted molar refractivity (Wildman–Crippen MR) is 123 cm³/mol. The summed E-state index contributed by atoms with van der Waals surface area (Å²) in [7, 11) is 0. The third-order valence-electron chi connectivity index (χ3n) is 5.61. The summed E-state index contributed by atoms with van der Waals surface area (Å²) < 4.78 is 0. The van der Waals surface area contributed by atoms with Gasteiger partial charge in [0, 0.05) is 22.8 Å². The van der Waals surface area contributed by atoms with Gasteiger partial charge in [-0.1, -0.05) is 32.5 Å². The first-order valence-corrected chi connectivity index (χ1v) is 12.0. The lowest BCUT2D eigenvalue weighted by Crippen LogP contribution is -2.26. The average molecular weight is 453 g/mol. The third-order valence-corrected chi connectivity index (χ3v) is 7.62. The number of nitrogens with one attached hydrogen (secondary N) is 2. The largest absolute Gasteiger partial charge is 0.316 e. The average Bonchev–Trinajstić information content (AvgIpc) is 3.36. The lowest BCUT2D eigenvalue weighted by Gasteiger charge is -2.33. The van der Waals surface area contributed by atoms with E-state index in [4.69, 9.17) is 0 Å². The minimum atomic E-state index is -0.164. The van der Waals surface area contributed by atoms with Crippen LogP contribution in [-0.4, -0.2) is 31.8 Å². The highest BCUT2D eigenvalue weighted by Gasteiger charge is 2.32. The number of anilines is 1. The molecule has 31 heavy (non-hydrogen) atoms. The Bertz CT molecular complexity index is 1120. The second kappa shape index (κ2) is 8.81. The Kier molecular flexibility index (Phi) is 6.12. The molecule has 0 aliphatic heterocycles. The van der Waals surface area contributed by atoms with E-state index in [0.717, 1.165) is 30.4 Å². The number of aromatic amines is 1. The SMILES string of the molecule is CC(C)(C)[C@@H]1CCc2c(sc(NC(=O)CSc3n[nH]c(-c4ccncc4)n3)c2C#N)C1. The van der Waals surface area contributed by atoms with Gasteiger partial charge in [0.1, 0.15) is 11.1 Å². The number of carbonyl (C=O) groups is 1. The third kappa shape index (κ3) is 4.81. The van der Waals surface area contributed by atoms with E-state index in [1.807, 2.05) is 12.1 Å². The van der Waals surface area contributed by atoms with Gasteiger partial charge >= 0.3 is 0 Å². The quantitative estimate of drug-likeness (QED) is 0.544. The number of hydrogen-bond donors (Lipinski definition) is 2. The van der Waals surface area contributed by atoms with Gasteiger partial charge in [0.2, 0.25) is 11.1 Å². The fourth-order valence-electron chi connectivity index (χ4n) is 3.77. The van der Waals surface area contributed by atoms with Crippen molar-refractivity contribution in [1.82, 2.24) is 20.2 Å². The Labute approximate surface area is 189 Å². The van der Waals surface area contributed by atoms with E-state index in [1.54, 1.807) is 23.7 Å². The standard InChI is InChI=1S/C22H24N6OS2/c1-22(2,3)14-4-5-15-16(11-23)20(31-17(15)10-14)25-18(29)12-30-21-26-19(27-28-21)13-6-8-24-9-7-13/h6-9,14H,4-5,10,12H2,1-3H3,(H,25,29)(H,26,27,28)/t14-/m1/s1. The van der Waals surface area contributed by atoms with E-state index in [1.165, 1.54) is 16.6 Å². The molecule has 0 spiro atoms. The van der Waals surface area contributed by atoms with E-state index >= 15 is 0 Å².